The number of benzene rings is 2. The zero-order chi connectivity index (χ0) is 16.3. The van der Waals surface area contributed by atoms with Gasteiger partial charge in [0, 0.05) is 12.6 Å². The fraction of sp³-hybridized carbons (Fsp3) is 0.250. The Morgan fingerprint density at radius 1 is 1.09 bits per heavy atom. The van der Waals surface area contributed by atoms with E-state index >= 15 is 0 Å². The van der Waals surface area contributed by atoms with Crippen molar-refractivity contribution in [3.63, 3.8) is 0 Å². The van der Waals surface area contributed by atoms with Crippen molar-refractivity contribution < 1.29 is 22.6 Å². The number of fused-ring (bicyclic) bond motifs is 1. The molecule has 0 amide bonds. The highest BCUT2D eigenvalue weighted by Gasteiger charge is 2.19. The van der Waals surface area contributed by atoms with Crippen LogP contribution in [0.3, 0.4) is 0 Å². The Bertz CT molecular complexity index is 787. The van der Waals surface area contributed by atoms with Crippen LogP contribution in [-0.4, -0.2) is 28.4 Å². The number of hydrogen-bond acceptors (Lipinski definition) is 5. The molecule has 0 saturated heterocycles. The second-order valence-corrected chi connectivity index (χ2v) is 6.84. The zero-order valence-corrected chi connectivity index (χ0v) is 13.4. The summed E-state index contributed by atoms with van der Waals surface area (Å²) >= 11 is 0. The molecule has 1 N–H and O–H groups in total. The third-order valence-corrected chi connectivity index (χ3v) is 4.80. The molecule has 0 fully saturated rings. The number of ether oxygens (including phenoxy) is 3. The lowest BCUT2D eigenvalue weighted by molar-refractivity contribution is 0.174. The van der Waals surface area contributed by atoms with Gasteiger partial charge in [-0.2, -0.15) is 0 Å². The molecule has 0 bridgehead atoms. The van der Waals surface area contributed by atoms with Crippen molar-refractivity contribution in [2.75, 3.05) is 19.9 Å². The molecule has 0 aromatic heterocycles. The third kappa shape index (κ3) is 3.75. The summed E-state index contributed by atoms with van der Waals surface area (Å²) in [5, 5.41) is 0. The van der Waals surface area contributed by atoms with E-state index in [0.717, 1.165) is 5.56 Å². The van der Waals surface area contributed by atoms with Crippen LogP contribution in [0.5, 0.6) is 17.2 Å². The van der Waals surface area contributed by atoms with Crippen LogP contribution in [0.1, 0.15) is 5.56 Å². The summed E-state index contributed by atoms with van der Waals surface area (Å²) in [5.74, 6) is 1.69. The molecule has 2 aromatic rings. The van der Waals surface area contributed by atoms with Crippen molar-refractivity contribution in [2.24, 2.45) is 0 Å². The minimum atomic E-state index is -3.61. The lowest BCUT2D eigenvalue weighted by Gasteiger charge is -2.09. The summed E-state index contributed by atoms with van der Waals surface area (Å²) in [7, 11) is -3.61. The quantitative estimate of drug-likeness (QED) is 0.818. The average Bonchev–Trinajstić information content (AvgIpc) is 3.01. The molecule has 3 rings (SSSR count). The van der Waals surface area contributed by atoms with Crippen molar-refractivity contribution in [1.82, 2.24) is 4.72 Å². The summed E-state index contributed by atoms with van der Waals surface area (Å²) in [6.07, 6.45) is 0. The first-order valence-electron chi connectivity index (χ1n) is 7.13. The van der Waals surface area contributed by atoms with Crippen LogP contribution in [0.25, 0.3) is 0 Å². The van der Waals surface area contributed by atoms with E-state index in [9.17, 15) is 8.42 Å². The number of sulfonamides is 1. The van der Waals surface area contributed by atoms with Gasteiger partial charge in [-0.25, -0.2) is 13.1 Å². The molecule has 2 aromatic carbocycles. The average molecular weight is 335 g/mol. The Hall–Kier alpha value is -2.25. The molecular weight excluding hydrogens is 318 g/mol. The molecular formula is C16H17NO5S. The van der Waals surface area contributed by atoms with Crippen molar-refractivity contribution in [3.8, 4) is 17.2 Å². The van der Waals surface area contributed by atoms with Crippen molar-refractivity contribution in [3.05, 3.63) is 48.0 Å². The lowest BCUT2D eigenvalue weighted by atomic mass is 10.2. The van der Waals surface area contributed by atoms with E-state index in [4.69, 9.17) is 14.2 Å². The van der Waals surface area contributed by atoms with Gasteiger partial charge in [0.1, 0.15) is 12.4 Å². The van der Waals surface area contributed by atoms with Gasteiger partial charge in [-0.3, -0.25) is 0 Å². The number of rotatable bonds is 6. The van der Waals surface area contributed by atoms with Crippen LogP contribution in [0.15, 0.2) is 47.4 Å². The molecule has 0 aliphatic carbocycles. The summed E-state index contributed by atoms with van der Waals surface area (Å²) in [4.78, 5) is 0.136. The normalized spacial score (nSPS) is 13.1. The van der Waals surface area contributed by atoms with Crippen LogP contribution in [-0.2, 0) is 10.0 Å². The van der Waals surface area contributed by atoms with Gasteiger partial charge >= 0.3 is 0 Å². The molecule has 0 unspecified atom stereocenters. The van der Waals surface area contributed by atoms with E-state index < -0.39 is 10.0 Å². The molecule has 7 heteroatoms. The van der Waals surface area contributed by atoms with Crippen LogP contribution in [0.2, 0.25) is 0 Å². The fourth-order valence-corrected chi connectivity index (χ4v) is 3.13. The maximum atomic E-state index is 12.2. The minimum Gasteiger partial charge on any atom is -0.492 e. The molecule has 1 aliphatic rings. The number of hydrogen-bond donors (Lipinski definition) is 1. The summed E-state index contributed by atoms with van der Waals surface area (Å²) in [5.41, 5.74) is 1.14. The van der Waals surface area contributed by atoms with E-state index in [2.05, 4.69) is 4.72 Å². The van der Waals surface area contributed by atoms with Crippen LogP contribution >= 0.6 is 0 Å². The maximum Gasteiger partial charge on any atom is 0.240 e. The van der Waals surface area contributed by atoms with E-state index in [1.54, 1.807) is 6.07 Å². The van der Waals surface area contributed by atoms with E-state index in [1.165, 1.54) is 12.1 Å². The Balaban J connectivity index is 1.55. The largest absolute Gasteiger partial charge is 0.492 e. The second kappa shape index (κ2) is 6.47. The zero-order valence-electron chi connectivity index (χ0n) is 12.6. The number of aryl methyl sites for hydroxylation is 1. The van der Waals surface area contributed by atoms with Crippen LogP contribution in [0.4, 0.5) is 0 Å². The first kappa shape index (κ1) is 15.6. The third-order valence-electron chi connectivity index (χ3n) is 3.34. The van der Waals surface area contributed by atoms with Crippen molar-refractivity contribution in [1.29, 1.82) is 0 Å². The number of nitrogens with one attached hydrogen (secondary N) is 1. The molecule has 0 radical (unpaired) electrons. The van der Waals surface area contributed by atoms with Gasteiger partial charge < -0.3 is 14.2 Å². The van der Waals surface area contributed by atoms with Gasteiger partial charge in [-0.15, -0.1) is 0 Å². The van der Waals surface area contributed by atoms with E-state index in [0.29, 0.717) is 17.2 Å². The summed E-state index contributed by atoms with van der Waals surface area (Å²) < 4.78 is 42.8. The second-order valence-electron chi connectivity index (χ2n) is 5.07. The van der Waals surface area contributed by atoms with Gasteiger partial charge in [-0.05, 0) is 31.2 Å². The Morgan fingerprint density at radius 2 is 1.83 bits per heavy atom. The Morgan fingerprint density at radius 3 is 2.61 bits per heavy atom. The van der Waals surface area contributed by atoms with Gasteiger partial charge in [0.2, 0.25) is 16.8 Å². The molecule has 0 spiro atoms. The van der Waals surface area contributed by atoms with Gasteiger partial charge in [0.25, 0.3) is 0 Å². The van der Waals surface area contributed by atoms with Gasteiger partial charge in [-0.1, -0.05) is 17.7 Å². The van der Waals surface area contributed by atoms with E-state index in [1.807, 2.05) is 31.2 Å². The molecule has 23 heavy (non-hydrogen) atoms. The molecule has 1 aliphatic heterocycles. The smallest absolute Gasteiger partial charge is 0.240 e. The predicted octanol–water partition coefficient (Wildman–Crippen LogP) is 2.08. The van der Waals surface area contributed by atoms with E-state index in [-0.39, 0.29) is 24.8 Å². The molecule has 1 heterocycles. The maximum absolute atomic E-state index is 12.2. The first-order valence-corrected chi connectivity index (χ1v) is 8.62. The SMILES string of the molecule is Cc1ccc(OCCNS(=O)(=O)c2ccc3c(c2)OCO3)cc1. The highest BCUT2D eigenvalue weighted by Crippen LogP contribution is 2.33. The topological polar surface area (TPSA) is 73.9 Å². The predicted molar refractivity (Wildman–Crippen MR) is 84.4 cm³/mol. The molecule has 0 saturated carbocycles. The lowest BCUT2D eigenvalue weighted by Crippen LogP contribution is -2.28. The monoisotopic (exact) mass is 335 g/mol. The fourth-order valence-electron chi connectivity index (χ4n) is 2.11. The summed E-state index contributed by atoms with van der Waals surface area (Å²) in [6.45, 7) is 2.51. The van der Waals surface area contributed by atoms with Crippen LogP contribution in [0, 0.1) is 6.92 Å². The highest BCUT2D eigenvalue weighted by molar-refractivity contribution is 7.89. The van der Waals surface area contributed by atoms with Gasteiger partial charge in [0.15, 0.2) is 11.5 Å². The Labute approximate surface area is 135 Å². The molecule has 0 atom stereocenters. The van der Waals surface area contributed by atoms with Crippen molar-refractivity contribution >= 4 is 10.0 Å². The molecule has 6 nitrogen and oxygen atoms in total. The van der Waals surface area contributed by atoms with Crippen molar-refractivity contribution in [2.45, 2.75) is 11.8 Å². The highest BCUT2D eigenvalue weighted by atomic mass is 32.2. The minimum absolute atomic E-state index is 0.108. The Kier molecular flexibility index (Phi) is 4.40. The van der Waals surface area contributed by atoms with Crippen LogP contribution < -0.4 is 18.9 Å². The molecule has 122 valence electrons. The standard InChI is InChI=1S/C16H17NO5S/c1-12-2-4-13(5-3-12)20-9-8-17-23(18,19)14-6-7-15-16(10-14)22-11-21-15/h2-7,10,17H,8-9,11H2,1H3. The van der Waals surface area contributed by atoms with Gasteiger partial charge in [0.05, 0.1) is 4.90 Å². The first-order chi connectivity index (χ1) is 11.0. The summed E-state index contributed by atoms with van der Waals surface area (Å²) in [6, 6.07) is 12.1.